The first-order valence-corrected chi connectivity index (χ1v) is 6.56. The van der Waals surface area contributed by atoms with E-state index in [1.54, 1.807) is 0 Å². The van der Waals surface area contributed by atoms with E-state index < -0.39 is 0 Å². The van der Waals surface area contributed by atoms with Crippen molar-refractivity contribution < 1.29 is 4.74 Å². The van der Waals surface area contributed by atoms with E-state index in [1.165, 1.54) is 0 Å². The van der Waals surface area contributed by atoms with Crippen LogP contribution in [0.25, 0.3) is 0 Å². The van der Waals surface area contributed by atoms with Gasteiger partial charge in [0.1, 0.15) is 0 Å². The van der Waals surface area contributed by atoms with E-state index >= 15 is 0 Å². The lowest BCUT2D eigenvalue weighted by Gasteiger charge is -2.32. The van der Waals surface area contributed by atoms with Crippen LogP contribution in [0, 0.1) is 5.41 Å². The zero-order chi connectivity index (χ0) is 12.4. The number of hydrogen-bond donors (Lipinski definition) is 1. The summed E-state index contributed by atoms with van der Waals surface area (Å²) < 4.78 is 5.40. The second-order valence-corrected chi connectivity index (χ2v) is 5.01. The third-order valence-electron chi connectivity index (χ3n) is 2.71. The molecule has 98 valence electrons. The van der Waals surface area contributed by atoms with Gasteiger partial charge in [0.15, 0.2) is 0 Å². The van der Waals surface area contributed by atoms with Gasteiger partial charge in [-0.1, -0.05) is 27.7 Å². The van der Waals surface area contributed by atoms with Gasteiger partial charge in [-0.2, -0.15) is 0 Å². The van der Waals surface area contributed by atoms with Gasteiger partial charge in [-0.25, -0.2) is 0 Å². The third-order valence-corrected chi connectivity index (χ3v) is 2.71. The summed E-state index contributed by atoms with van der Waals surface area (Å²) in [6.07, 6.45) is 0. The molecule has 0 aromatic carbocycles. The van der Waals surface area contributed by atoms with Gasteiger partial charge in [-0.05, 0) is 25.4 Å². The highest BCUT2D eigenvalue weighted by atomic mass is 16.5. The van der Waals surface area contributed by atoms with Crippen molar-refractivity contribution >= 4 is 0 Å². The molecule has 0 aromatic rings. The maximum absolute atomic E-state index is 5.40. The quantitative estimate of drug-likeness (QED) is 0.581. The second-order valence-electron chi connectivity index (χ2n) is 5.01. The highest BCUT2D eigenvalue weighted by Crippen LogP contribution is 2.15. The molecule has 3 nitrogen and oxygen atoms in total. The van der Waals surface area contributed by atoms with Gasteiger partial charge in [0, 0.05) is 26.2 Å². The molecule has 0 rings (SSSR count). The molecule has 0 aliphatic heterocycles. The van der Waals surface area contributed by atoms with Crippen molar-refractivity contribution in [1.82, 2.24) is 10.2 Å². The molecule has 0 bridgehead atoms. The summed E-state index contributed by atoms with van der Waals surface area (Å²) in [7, 11) is 0. The molecular weight excluding hydrogens is 200 g/mol. The lowest BCUT2D eigenvalue weighted by atomic mass is 9.92. The molecular formula is C13H30N2O. The molecule has 3 heteroatoms. The number of ether oxygens (including phenoxy) is 1. The van der Waals surface area contributed by atoms with Crippen LogP contribution in [-0.2, 0) is 4.74 Å². The average Bonchev–Trinajstić information content (AvgIpc) is 2.25. The Hall–Kier alpha value is -0.120. The van der Waals surface area contributed by atoms with Crippen molar-refractivity contribution in [3.63, 3.8) is 0 Å². The van der Waals surface area contributed by atoms with Crippen LogP contribution < -0.4 is 5.32 Å². The van der Waals surface area contributed by atoms with Crippen molar-refractivity contribution in [2.45, 2.75) is 34.6 Å². The number of nitrogens with zero attached hydrogens (tertiary/aromatic N) is 1. The zero-order valence-electron chi connectivity index (χ0n) is 11.8. The lowest BCUT2D eigenvalue weighted by molar-refractivity contribution is 0.0970. The molecule has 0 fully saturated rings. The summed E-state index contributed by atoms with van der Waals surface area (Å²) in [5, 5.41) is 3.43. The van der Waals surface area contributed by atoms with E-state index in [9.17, 15) is 0 Å². The first-order chi connectivity index (χ1) is 7.55. The second kappa shape index (κ2) is 8.97. The summed E-state index contributed by atoms with van der Waals surface area (Å²) in [5.74, 6) is 0. The predicted molar refractivity (Wildman–Crippen MR) is 70.9 cm³/mol. The maximum atomic E-state index is 5.40. The van der Waals surface area contributed by atoms with E-state index in [2.05, 4.69) is 37.9 Å². The molecule has 0 aromatic heterocycles. The van der Waals surface area contributed by atoms with E-state index in [0.29, 0.717) is 5.41 Å². The molecule has 0 saturated carbocycles. The predicted octanol–water partition coefficient (Wildman–Crippen LogP) is 1.98. The SMILES string of the molecule is CCNCC(C)(C)CN(CC)CCOCC. The van der Waals surface area contributed by atoms with Gasteiger partial charge < -0.3 is 15.0 Å². The normalized spacial score (nSPS) is 12.4. The number of nitrogens with one attached hydrogen (secondary N) is 1. The van der Waals surface area contributed by atoms with Gasteiger partial charge >= 0.3 is 0 Å². The summed E-state index contributed by atoms with van der Waals surface area (Å²) in [5.41, 5.74) is 0.332. The van der Waals surface area contributed by atoms with Crippen molar-refractivity contribution in [3.8, 4) is 0 Å². The highest BCUT2D eigenvalue weighted by molar-refractivity contribution is 4.75. The van der Waals surface area contributed by atoms with Crippen LogP contribution >= 0.6 is 0 Å². The van der Waals surface area contributed by atoms with Gasteiger partial charge in [0.05, 0.1) is 6.61 Å². The van der Waals surface area contributed by atoms with Crippen LogP contribution in [0.4, 0.5) is 0 Å². The van der Waals surface area contributed by atoms with E-state index in [1.807, 2.05) is 6.92 Å². The Morgan fingerprint density at radius 2 is 1.88 bits per heavy atom. The Morgan fingerprint density at radius 3 is 2.38 bits per heavy atom. The number of hydrogen-bond acceptors (Lipinski definition) is 3. The topological polar surface area (TPSA) is 24.5 Å². The summed E-state index contributed by atoms with van der Waals surface area (Å²) in [4.78, 5) is 2.47. The Kier molecular flexibility index (Phi) is 8.90. The minimum atomic E-state index is 0.332. The molecule has 0 amide bonds. The molecule has 0 aliphatic carbocycles. The molecule has 0 saturated heterocycles. The average molecular weight is 230 g/mol. The molecule has 0 radical (unpaired) electrons. The Labute approximate surface area is 102 Å². The lowest BCUT2D eigenvalue weighted by Crippen LogP contribution is -2.41. The zero-order valence-corrected chi connectivity index (χ0v) is 11.8. The minimum absolute atomic E-state index is 0.332. The van der Waals surface area contributed by atoms with E-state index in [-0.39, 0.29) is 0 Å². The van der Waals surface area contributed by atoms with E-state index in [0.717, 1.165) is 45.9 Å². The van der Waals surface area contributed by atoms with Crippen molar-refractivity contribution in [2.24, 2.45) is 5.41 Å². The molecule has 1 N–H and O–H groups in total. The smallest absolute Gasteiger partial charge is 0.0593 e. The van der Waals surface area contributed by atoms with Crippen LogP contribution in [0.3, 0.4) is 0 Å². The fourth-order valence-electron chi connectivity index (χ4n) is 1.81. The summed E-state index contributed by atoms with van der Waals surface area (Å²) in [6, 6.07) is 0. The molecule has 0 unspecified atom stereocenters. The standard InChI is InChI=1S/C13H30N2O/c1-6-14-11-13(4,5)12-15(7-2)9-10-16-8-3/h14H,6-12H2,1-5H3. The minimum Gasteiger partial charge on any atom is -0.380 e. The number of likely N-dealkylation sites (N-methyl/N-ethyl adjacent to an activating group) is 1. The summed E-state index contributed by atoms with van der Waals surface area (Å²) >= 11 is 0. The van der Waals surface area contributed by atoms with Gasteiger partial charge in [-0.3, -0.25) is 0 Å². The first-order valence-electron chi connectivity index (χ1n) is 6.56. The van der Waals surface area contributed by atoms with Crippen molar-refractivity contribution in [3.05, 3.63) is 0 Å². The molecule has 0 atom stereocenters. The summed E-state index contributed by atoms with van der Waals surface area (Å²) in [6.45, 7) is 18.1. The number of rotatable bonds is 10. The molecule has 0 aliphatic rings. The van der Waals surface area contributed by atoms with Crippen LogP contribution in [0.2, 0.25) is 0 Å². The van der Waals surface area contributed by atoms with Gasteiger partial charge in [0.25, 0.3) is 0 Å². The first kappa shape index (κ1) is 15.9. The van der Waals surface area contributed by atoms with Gasteiger partial charge in [0.2, 0.25) is 0 Å². The molecule has 0 heterocycles. The highest BCUT2D eigenvalue weighted by Gasteiger charge is 2.20. The van der Waals surface area contributed by atoms with Crippen molar-refractivity contribution in [2.75, 3.05) is 45.9 Å². The van der Waals surface area contributed by atoms with Crippen molar-refractivity contribution in [1.29, 1.82) is 0 Å². The van der Waals surface area contributed by atoms with Crippen LogP contribution in [0.5, 0.6) is 0 Å². The van der Waals surface area contributed by atoms with Crippen LogP contribution in [0.15, 0.2) is 0 Å². The van der Waals surface area contributed by atoms with E-state index in [4.69, 9.17) is 4.74 Å². The molecule has 0 spiro atoms. The maximum Gasteiger partial charge on any atom is 0.0593 e. The van der Waals surface area contributed by atoms with Crippen LogP contribution in [-0.4, -0.2) is 50.8 Å². The Morgan fingerprint density at radius 1 is 1.19 bits per heavy atom. The fourth-order valence-corrected chi connectivity index (χ4v) is 1.81. The largest absolute Gasteiger partial charge is 0.380 e. The fraction of sp³-hybridized carbons (Fsp3) is 1.00. The monoisotopic (exact) mass is 230 g/mol. The third kappa shape index (κ3) is 8.08. The Balaban J connectivity index is 3.88. The van der Waals surface area contributed by atoms with Gasteiger partial charge in [-0.15, -0.1) is 0 Å². The van der Waals surface area contributed by atoms with Crippen LogP contribution in [0.1, 0.15) is 34.6 Å². The molecule has 16 heavy (non-hydrogen) atoms. The Bertz CT molecular complexity index is 160.